The van der Waals surface area contributed by atoms with E-state index in [1.807, 2.05) is 54.6 Å². The molecule has 0 aliphatic carbocycles. The van der Waals surface area contributed by atoms with E-state index in [4.69, 9.17) is 4.99 Å². The van der Waals surface area contributed by atoms with Crippen LogP contribution in [0.4, 0.5) is 5.69 Å². The van der Waals surface area contributed by atoms with E-state index in [0.29, 0.717) is 6.54 Å². The average Bonchev–Trinajstić information content (AvgIpc) is 3.15. The number of H-pyrrole nitrogens is 1. The molecule has 0 saturated heterocycles. The molecule has 6 nitrogen and oxygen atoms in total. The third-order valence-electron chi connectivity index (χ3n) is 5.46. The van der Waals surface area contributed by atoms with Gasteiger partial charge in [0.05, 0.1) is 11.4 Å². The van der Waals surface area contributed by atoms with Crippen LogP contribution in [-0.2, 0) is 6.54 Å². The molecule has 0 unspecified atom stereocenters. The molecule has 2 aromatic carbocycles. The topological polar surface area (TPSA) is 87.4 Å². The van der Waals surface area contributed by atoms with Crippen LogP contribution in [0.3, 0.4) is 0 Å². The zero-order chi connectivity index (χ0) is 21.8. The van der Waals surface area contributed by atoms with Gasteiger partial charge < -0.3 is 5.11 Å². The number of allylic oxidation sites excluding steroid dienone is 1. The van der Waals surface area contributed by atoms with Crippen LogP contribution in [0, 0.1) is 0 Å². The van der Waals surface area contributed by atoms with Crippen LogP contribution in [0.15, 0.2) is 69.2 Å². The van der Waals surface area contributed by atoms with Gasteiger partial charge in [-0.1, -0.05) is 74.7 Å². The van der Waals surface area contributed by atoms with Crippen molar-refractivity contribution >= 4 is 23.0 Å². The third-order valence-corrected chi connectivity index (χ3v) is 5.46. The Morgan fingerprint density at radius 2 is 1.74 bits per heavy atom. The van der Waals surface area contributed by atoms with E-state index in [2.05, 4.69) is 11.9 Å². The first-order valence-electron chi connectivity index (χ1n) is 10.6. The molecule has 0 amide bonds. The first-order valence-corrected chi connectivity index (χ1v) is 10.6. The minimum absolute atomic E-state index is 0.0606. The first kappa shape index (κ1) is 20.6. The molecule has 0 atom stereocenters. The Labute approximate surface area is 180 Å². The molecule has 31 heavy (non-hydrogen) atoms. The van der Waals surface area contributed by atoms with E-state index in [1.165, 1.54) is 4.57 Å². The van der Waals surface area contributed by atoms with Crippen molar-refractivity contribution in [3.63, 3.8) is 0 Å². The van der Waals surface area contributed by atoms with E-state index in [1.54, 1.807) is 6.08 Å². The monoisotopic (exact) mass is 415 g/mol. The highest BCUT2D eigenvalue weighted by Crippen LogP contribution is 2.38. The van der Waals surface area contributed by atoms with E-state index in [-0.39, 0.29) is 11.4 Å². The second kappa shape index (κ2) is 9.00. The standard InChI is InChI=1S/C25H25N3O3/c1-2-3-4-10-15-28-24(30)20(23(29)27-25(28)31)16-19-18-13-8-9-14-21(18)26-22(19)17-11-6-5-7-12-17/h5-9,11-14,16,30H,2-4,10,15H2,1H3,(H,27,29,31). The molecular weight excluding hydrogens is 390 g/mol. The average molecular weight is 415 g/mol. The van der Waals surface area contributed by atoms with E-state index in [9.17, 15) is 14.7 Å². The highest BCUT2D eigenvalue weighted by atomic mass is 16.3. The molecule has 1 aromatic heterocycles. The van der Waals surface area contributed by atoms with E-state index >= 15 is 0 Å². The van der Waals surface area contributed by atoms with Crippen molar-refractivity contribution in [3.8, 4) is 5.88 Å². The molecule has 6 heteroatoms. The number of aromatic amines is 1. The predicted octanol–water partition coefficient (Wildman–Crippen LogP) is 4.50. The van der Waals surface area contributed by atoms with Gasteiger partial charge in [0.15, 0.2) is 0 Å². The minimum atomic E-state index is -0.614. The second-order valence-corrected chi connectivity index (χ2v) is 7.61. The fourth-order valence-electron chi connectivity index (χ4n) is 3.82. The number of unbranched alkanes of at least 4 members (excludes halogenated alkanes) is 3. The molecule has 0 saturated carbocycles. The number of aromatic hydroxyl groups is 1. The Bertz CT molecular complexity index is 1270. The van der Waals surface area contributed by atoms with E-state index < -0.39 is 11.2 Å². The largest absolute Gasteiger partial charge is 0.494 e. The van der Waals surface area contributed by atoms with Gasteiger partial charge in [-0.05, 0) is 18.6 Å². The van der Waals surface area contributed by atoms with Crippen LogP contribution < -0.4 is 11.2 Å². The number of para-hydroxylation sites is 1. The van der Waals surface area contributed by atoms with Gasteiger partial charge in [-0.3, -0.25) is 14.3 Å². The highest BCUT2D eigenvalue weighted by molar-refractivity contribution is 6.39. The smallest absolute Gasteiger partial charge is 0.331 e. The molecule has 0 fully saturated rings. The van der Waals surface area contributed by atoms with Crippen LogP contribution in [-0.4, -0.2) is 20.4 Å². The molecular formula is C25H25N3O3. The predicted molar refractivity (Wildman–Crippen MR) is 124 cm³/mol. The number of fused-ring (bicyclic) bond motifs is 1. The fourth-order valence-corrected chi connectivity index (χ4v) is 3.82. The minimum Gasteiger partial charge on any atom is -0.494 e. The van der Waals surface area contributed by atoms with Crippen molar-refractivity contribution in [2.24, 2.45) is 4.99 Å². The summed E-state index contributed by atoms with van der Waals surface area (Å²) in [7, 11) is 0. The third kappa shape index (κ3) is 4.14. The maximum atomic E-state index is 12.6. The van der Waals surface area contributed by atoms with Crippen molar-refractivity contribution < 1.29 is 5.11 Å². The van der Waals surface area contributed by atoms with Gasteiger partial charge in [0, 0.05) is 23.2 Å². The van der Waals surface area contributed by atoms with Crippen molar-refractivity contribution in [1.29, 1.82) is 0 Å². The lowest BCUT2D eigenvalue weighted by atomic mass is 9.96. The molecule has 2 heterocycles. The summed E-state index contributed by atoms with van der Waals surface area (Å²) in [5.74, 6) is -0.311. The second-order valence-electron chi connectivity index (χ2n) is 7.61. The van der Waals surface area contributed by atoms with Gasteiger partial charge >= 0.3 is 5.69 Å². The molecule has 0 spiro atoms. The van der Waals surface area contributed by atoms with Crippen LogP contribution in [0.25, 0.3) is 11.6 Å². The summed E-state index contributed by atoms with van der Waals surface area (Å²) in [6.07, 6.45) is 5.47. The number of nitrogens with zero attached hydrogens (tertiary/aromatic N) is 2. The number of rotatable bonds is 7. The van der Waals surface area contributed by atoms with Gasteiger partial charge in [-0.25, -0.2) is 9.79 Å². The fraction of sp³-hybridized carbons (Fsp3) is 0.240. The first-order chi connectivity index (χ1) is 15.1. The molecule has 1 aliphatic heterocycles. The summed E-state index contributed by atoms with van der Waals surface area (Å²) < 4.78 is 1.24. The van der Waals surface area contributed by atoms with Crippen molar-refractivity contribution in [2.45, 2.75) is 39.2 Å². The number of benzene rings is 2. The molecule has 3 aromatic rings. The van der Waals surface area contributed by atoms with Crippen LogP contribution in [0.1, 0.15) is 49.3 Å². The van der Waals surface area contributed by atoms with Gasteiger partial charge in [0.25, 0.3) is 5.56 Å². The SMILES string of the molecule is CCCCCCn1c(O)c(C=C2C(c3ccccc3)=Nc3ccccc32)c(=O)[nH]c1=O. The summed E-state index contributed by atoms with van der Waals surface area (Å²) in [5, 5.41) is 10.8. The highest BCUT2D eigenvalue weighted by Gasteiger charge is 2.23. The Morgan fingerprint density at radius 3 is 2.52 bits per heavy atom. The molecule has 1 aliphatic rings. The molecule has 4 rings (SSSR count). The summed E-state index contributed by atoms with van der Waals surface area (Å²) in [6, 6.07) is 17.4. The van der Waals surface area contributed by atoms with Crippen molar-refractivity contribution in [2.75, 3.05) is 0 Å². The molecule has 0 bridgehead atoms. The number of hydrogen-bond donors (Lipinski definition) is 2. The van der Waals surface area contributed by atoms with Crippen LogP contribution >= 0.6 is 0 Å². The van der Waals surface area contributed by atoms with Crippen molar-refractivity contribution in [1.82, 2.24) is 9.55 Å². The number of aromatic nitrogens is 2. The van der Waals surface area contributed by atoms with Crippen LogP contribution in [0.5, 0.6) is 5.88 Å². The summed E-state index contributed by atoms with van der Waals surface area (Å²) in [6.45, 7) is 2.47. The lowest BCUT2D eigenvalue weighted by Gasteiger charge is -2.11. The van der Waals surface area contributed by atoms with Gasteiger partial charge in [-0.15, -0.1) is 0 Å². The summed E-state index contributed by atoms with van der Waals surface area (Å²) >= 11 is 0. The number of aliphatic imine (C=N–C) groups is 1. The Balaban J connectivity index is 1.82. The van der Waals surface area contributed by atoms with Gasteiger partial charge in [0.2, 0.25) is 5.88 Å². The number of nitrogens with one attached hydrogen (secondary N) is 1. The molecule has 2 N–H and O–H groups in total. The van der Waals surface area contributed by atoms with Crippen LogP contribution in [0.2, 0.25) is 0 Å². The van der Waals surface area contributed by atoms with Gasteiger partial charge in [0.1, 0.15) is 5.56 Å². The van der Waals surface area contributed by atoms with Crippen molar-refractivity contribution in [3.05, 3.63) is 92.1 Å². The molecule has 0 radical (unpaired) electrons. The Morgan fingerprint density at radius 1 is 1.00 bits per heavy atom. The zero-order valence-corrected chi connectivity index (χ0v) is 17.5. The Kier molecular flexibility index (Phi) is 5.98. The lowest BCUT2D eigenvalue weighted by Crippen LogP contribution is -2.31. The maximum absolute atomic E-state index is 12.6. The van der Waals surface area contributed by atoms with E-state index in [0.717, 1.165) is 53.8 Å². The Hall–Kier alpha value is -3.67. The quantitative estimate of drug-likeness (QED) is 0.557. The summed E-state index contributed by atoms with van der Waals surface area (Å²) in [4.78, 5) is 32.0. The number of hydrogen-bond acceptors (Lipinski definition) is 4. The zero-order valence-electron chi connectivity index (χ0n) is 17.5. The normalized spacial score (nSPS) is 14.0. The van der Waals surface area contributed by atoms with Gasteiger partial charge in [-0.2, -0.15) is 0 Å². The molecule has 158 valence electrons. The maximum Gasteiger partial charge on any atom is 0.331 e. The summed E-state index contributed by atoms with van der Waals surface area (Å²) in [5.41, 5.74) is 2.90. The lowest BCUT2D eigenvalue weighted by molar-refractivity contribution is 0.392.